The fourth-order valence-electron chi connectivity index (χ4n) is 2.91. The number of amides is 1. The van der Waals surface area contributed by atoms with Crippen molar-refractivity contribution in [1.29, 1.82) is 0 Å². The van der Waals surface area contributed by atoms with E-state index in [2.05, 4.69) is 15.3 Å². The van der Waals surface area contributed by atoms with Crippen LogP contribution in [0.5, 0.6) is 0 Å². The molecule has 0 saturated carbocycles. The van der Waals surface area contributed by atoms with Crippen LogP contribution in [0.15, 0.2) is 12.4 Å². The summed E-state index contributed by atoms with van der Waals surface area (Å²) in [5.41, 5.74) is 0.302. The second-order valence-corrected chi connectivity index (χ2v) is 5.94. The molecule has 2 aliphatic rings. The Balaban J connectivity index is 1.64. The fourth-order valence-corrected chi connectivity index (χ4v) is 2.91. The molecule has 0 aromatic carbocycles. The van der Waals surface area contributed by atoms with Crippen LogP contribution in [0.2, 0.25) is 0 Å². The van der Waals surface area contributed by atoms with Gasteiger partial charge in [-0.1, -0.05) is 0 Å². The Morgan fingerprint density at radius 2 is 2.16 bits per heavy atom. The van der Waals surface area contributed by atoms with E-state index in [1.165, 1.54) is 6.20 Å². The van der Waals surface area contributed by atoms with E-state index in [1.807, 2.05) is 0 Å². The van der Waals surface area contributed by atoms with Gasteiger partial charge >= 0.3 is 0 Å². The Kier molecular flexibility index (Phi) is 6.51. The van der Waals surface area contributed by atoms with E-state index in [0.29, 0.717) is 51.0 Å². The average Bonchev–Trinajstić information content (AvgIpc) is 2.67. The molecule has 0 unspecified atom stereocenters. The third-order valence-corrected chi connectivity index (χ3v) is 4.20. The van der Waals surface area contributed by atoms with Crippen LogP contribution in [-0.4, -0.2) is 90.8 Å². The van der Waals surface area contributed by atoms with Crippen LogP contribution in [0.4, 0.5) is 5.82 Å². The predicted molar refractivity (Wildman–Crippen MR) is 88.4 cm³/mol. The molecule has 1 aromatic rings. The zero-order valence-corrected chi connectivity index (χ0v) is 14.1. The number of nitrogens with one attached hydrogen (secondary N) is 1. The zero-order chi connectivity index (χ0) is 17.5. The van der Waals surface area contributed by atoms with Gasteiger partial charge in [-0.25, -0.2) is 4.98 Å². The van der Waals surface area contributed by atoms with Gasteiger partial charge in [-0.3, -0.25) is 9.78 Å². The Morgan fingerprint density at radius 1 is 1.32 bits per heavy atom. The molecule has 3 rings (SSSR count). The Labute approximate surface area is 146 Å². The Morgan fingerprint density at radius 3 is 2.96 bits per heavy atom. The van der Waals surface area contributed by atoms with Gasteiger partial charge in [-0.05, 0) is 6.42 Å². The van der Waals surface area contributed by atoms with Crippen molar-refractivity contribution in [3.05, 3.63) is 18.1 Å². The first-order valence-corrected chi connectivity index (χ1v) is 8.53. The lowest BCUT2D eigenvalue weighted by molar-refractivity contribution is -0.0492. The van der Waals surface area contributed by atoms with E-state index >= 15 is 0 Å². The second-order valence-electron chi connectivity index (χ2n) is 5.94. The number of nitrogens with zero attached hydrogens (tertiary/aromatic N) is 3. The molecule has 9 heteroatoms. The minimum absolute atomic E-state index is 0.0204. The molecule has 3 heterocycles. The van der Waals surface area contributed by atoms with Gasteiger partial charge in [0.15, 0.2) is 0 Å². The number of aliphatic hydroxyl groups is 1. The van der Waals surface area contributed by atoms with E-state index in [1.54, 1.807) is 11.1 Å². The standard InChI is InChI=1S/C16H24N4O5/c21-4-8-25-14-1-5-24-11-13(14)19-15-10-17-9-12(18-15)16(22)20-2-6-23-7-3-20/h9-10,13-14,21H,1-8,11H2,(H,18,19)/t13-,14+/m0/s1. The first-order chi connectivity index (χ1) is 12.3. The summed E-state index contributed by atoms with van der Waals surface area (Å²) in [7, 11) is 0. The maximum Gasteiger partial charge on any atom is 0.274 e. The van der Waals surface area contributed by atoms with Crippen molar-refractivity contribution in [3.63, 3.8) is 0 Å². The molecule has 0 radical (unpaired) electrons. The first-order valence-electron chi connectivity index (χ1n) is 8.53. The highest BCUT2D eigenvalue weighted by atomic mass is 16.5. The summed E-state index contributed by atoms with van der Waals surface area (Å²) in [5.74, 6) is 0.361. The molecule has 25 heavy (non-hydrogen) atoms. The summed E-state index contributed by atoms with van der Waals surface area (Å²) >= 11 is 0. The molecule has 2 atom stereocenters. The number of carbonyl (C=O) groups is 1. The molecular weight excluding hydrogens is 328 g/mol. The van der Waals surface area contributed by atoms with Gasteiger partial charge in [-0.15, -0.1) is 0 Å². The molecule has 9 nitrogen and oxygen atoms in total. The van der Waals surface area contributed by atoms with Crippen LogP contribution in [0.25, 0.3) is 0 Å². The molecule has 138 valence electrons. The summed E-state index contributed by atoms with van der Waals surface area (Å²) in [6, 6.07) is -0.108. The molecule has 1 aromatic heterocycles. The van der Waals surface area contributed by atoms with Crippen molar-refractivity contribution >= 4 is 11.7 Å². The van der Waals surface area contributed by atoms with Crippen LogP contribution in [0.3, 0.4) is 0 Å². The molecule has 2 fully saturated rings. The summed E-state index contributed by atoms with van der Waals surface area (Å²) in [6.07, 6.45) is 3.70. The summed E-state index contributed by atoms with van der Waals surface area (Å²) in [6.45, 7) is 3.56. The highest BCUT2D eigenvalue weighted by Crippen LogP contribution is 2.16. The predicted octanol–water partition coefficient (Wildman–Crippen LogP) is -0.473. The van der Waals surface area contributed by atoms with Crippen molar-refractivity contribution < 1.29 is 24.1 Å². The topological polar surface area (TPSA) is 106 Å². The summed E-state index contributed by atoms with van der Waals surface area (Å²) in [5, 5.41) is 12.2. The van der Waals surface area contributed by atoms with E-state index in [0.717, 1.165) is 6.42 Å². The van der Waals surface area contributed by atoms with Gasteiger partial charge in [-0.2, -0.15) is 0 Å². The molecule has 0 aliphatic carbocycles. The van der Waals surface area contributed by atoms with Crippen LogP contribution in [0.1, 0.15) is 16.9 Å². The number of hydrogen-bond acceptors (Lipinski definition) is 8. The van der Waals surface area contributed by atoms with Crippen molar-refractivity contribution in [3.8, 4) is 0 Å². The number of aromatic nitrogens is 2. The SMILES string of the molecule is O=C(c1cncc(N[C@H]2COCC[C@H]2OCCO)n1)N1CCOCC1. The number of morpholine rings is 1. The third-order valence-electron chi connectivity index (χ3n) is 4.20. The molecule has 2 saturated heterocycles. The third kappa shape index (κ3) is 4.85. The van der Waals surface area contributed by atoms with Crippen molar-refractivity contribution in [2.24, 2.45) is 0 Å². The first kappa shape index (κ1) is 18.0. The molecule has 2 N–H and O–H groups in total. The summed E-state index contributed by atoms with van der Waals surface area (Å²) in [4.78, 5) is 22.7. The molecule has 0 spiro atoms. The molecule has 0 bridgehead atoms. The minimum Gasteiger partial charge on any atom is -0.394 e. The van der Waals surface area contributed by atoms with E-state index < -0.39 is 0 Å². The average molecular weight is 352 g/mol. The van der Waals surface area contributed by atoms with Crippen molar-refractivity contribution in [2.75, 3.05) is 58.0 Å². The smallest absolute Gasteiger partial charge is 0.274 e. The maximum absolute atomic E-state index is 12.5. The second kappa shape index (κ2) is 9.04. The molecular formula is C16H24N4O5. The maximum atomic E-state index is 12.5. The number of hydrogen-bond donors (Lipinski definition) is 2. The largest absolute Gasteiger partial charge is 0.394 e. The normalized spacial score (nSPS) is 24.1. The minimum atomic E-state index is -0.146. The lowest BCUT2D eigenvalue weighted by Crippen LogP contribution is -2.44. The number of rotatable bonds is 6. The molecule has 2 aliphatic heterocycles. The Hall–Kier alpha value is -1.81. The highest BCUT2D eigenvalue weighted by molar-refractivity contribution is 5.92. The van der Waals surface area contributed by atoms with E-state index in [9.17, 15) is 4.79 Å². The molecule has 1 amide bonds. The Bertz CT molecular complexity index is 567. The monoisotopic (exact) mass is 352 g/mol. The number of anilines is 1. The van der Waals surface area contributed by atoms with Gasteiger partial charge in [0, 0.05) is 19.7 Å². The van der Waals surface area contributed by atoms with Crippen LogP contribution >= 0.6 is 0 Å². The lowest BCUT2D eigenvalue weighted by Gasteiger charge is -2.32. The van der Waals surface area contributed by atoms with Crippen LogP contribution < -0.4 is 5.32 Å². The van der Waals surface area contributed by atoms with Crippen LogP contribution in [0, 0.1) is 0 Å². The van der Waals surface area contributed by atoms with Gasteiger partial charge in [0.1, 0.15) is 11.5 Å². The lowest BCUT2D eigenvalue weighted by atomic mass is 10.1. The van der Waals surface area contributed by atoms with Crippen LogP contribution in [-0.2, 0) is 14.2 Å². The van der Waals surface area contributed by atoms with Crippen molar-refractivity contribution in [1.82, 2.24) is 14.9 Å². The highest BCUT2D eigenvalue weighted by Gasteiger charge is 2.27. The van der Waals surface area contributed by atoms with E-state index in [-0.39, 0.29) is 31.3 Å². The van der Waals surface area contributed by atoms with Gasteiger partial charge in [0.05, 0.1) is 57.6 Å². The number of carbonyl (C=O) groups excluding carboxylic acids is 1. The zero-order valence-electron chi connectivity index (χ0n) is 14.1. The van der Waals surface area contributed by atoms with E-state index in [4.69, 9.17) is 19.3 Å². The fraction of sp³-hybridized carbons (Fsp3) is 0.688. The number of ether oxygens (including phenoxy) is 3. The van der Waals surface area contributed by atoms with Gasteiger partial charge in [0.25, 0.3) is 5.91 Å². The van der Waals surface area contributed by atoms with Gasteiger partial charge < -0.3 is 29.5 Å². The summed E-state index contributed by atoms with van der Waals surface area (Å²) < 4.78 is 16.4. The van der Waals surface area contributed by atoms with Gasteiger partial charge in [0.2, 0.25) is 0 Å². The quantitative estimate of drug-likeness (QED) is 0.708. The van der Waals surface area contributed by atoms with Crippen molar-refractivity contribution in [2.45, 2.75) is 18.6 Å². The number of aliphatic hydroxyl groups excluding tert-OH is 1.